The molecular formula is C14H13BrN2O2. The molecule has 2 rings (SSSR count). The molecule has 0 fully saturated rings. The summed E-state index contributed by atoms with van der Waals surface area (Å²) in [6, 6.07) is 10.5. The summed E-state index contributed by atoms with van der Waals surface area (Å²) in [6.45, 7) is 1.87. The fraction of sp³-hybridized carbons (Fsp3) is 0.143. The number of pyridine rings is 1. The van der Waals surface area contributed by atoms with Crippen molar-refractivity contribution in [1.82, 2.24) is 4.98 Å². The number of aromatic nitrogens is 1. The minimum absolute atomic E-state index is 0.197. The van der Waals surface area contributed by atoms with Crippen molar-refractivity contribution < 1.29 is 9.53 Å². The molecule has 0 bridgehead atoms. The van der Waals surface area contributed by atoms with Gasteiger partial charge in [-0.1, -0.05) is 0 Å². The lowest BCUT2D eigenvalue weighted by molar-refractivity contribution is 0.102. The molecule has 1 heterocycles. The van der Waals surface area contributed by atoms with E-state index in [1.54, 1.807) is 37.4 Å². The van der Waals surface area contributed by atoms with E-state index in [-0.39, 0.29) is 5.91 Å². The molecule has 0 spiro atoms. The monoisotopic (exact) mass is 320 g/mol. The van der Waals surface area contributed by atoms with Crippen molar-refractivity contribution in [3.63, 3.8) is 0 Å². The molecule has 1 aromatic carbocycles. The van der Waals surface area contributed by atoms with Crippen LogP contribution in [0.15, 0.2) is 40.9 Å². The molecule has 0 saturated carbocycles. The summed E-state index contributed by atoms with van der Waals surface area (Å²) in [5.74, 6) is 1.05. The van der Waals surface area contributed by atoms with Crippen LogP contribution in [0.5, 0.6) is 5.75 Å². The first-order valence-corrected chi connectivity index (χ1v) is 6.48. The maximum Gasteiger partial charge on any atom is 0.256 e. The van der Waals surface area contributed by atoms with Gasteiger partial charge in [0.2, 0.25) is 0 Å². The molecule has 1 aromatic heterocycles. The molecule has 0 aliphatic heterocycles. The van der Waals surface area contributed by atoms with Crippen LogP contribution in [0.3, 0.4) is 0 Å². The number of amides is 1. The van der Waals surface area contributed by atoms with Crippen LogP contribution in [-0.2, 0) is 0 Å². The molecule has 0 atom stereocenters. The van der Waals surface area contributed by atoms with Crippen LogP contribution >= 0.6 is 15.9 Å². The minimum atomic E-state index is -0.197. The Labute approximate surface area is 119 Å². The summed E-state index contributed by atoms with van der Waals surface area (Å²) in [6.07, 6.45) is 0. The Hall–Kier alpha value is -1.88. The first kappa shape index (κ1) is 13.5. The smallest absolute Gasteiger partial charge is 0.256 e. The zero-order valence-corrected chi connectivity index (χ0v) is 12.2. The fourth-order valence-corrected chi connectivity index (χ4v) is 1.77. The first-order valence-electron chi connectivity index (χ1n) is 5.68. The van der Waals surface area contributed by atoms with Gasteiger partial charge in [-0.15, -0.1) is 0 Å². The molecule has 5 heteroatoms. The lowest BCUT2D eigenvalue weighted by atomic mass is 10.2. The van der Waals surface area contributed by atoms with E-state index < -0.39 is 0 Å². The Balaban J connectivity index is 2.13. The van der Waals surface area contributed by atoms with Crippen LogP contribution < -0.4 is 10.1 Å². The Morgan fingerprint density at radius 2 is 1.89 bits per heavy atom. The van der Waals surface area contributed by atoms with E-state index in [9.17, 15) is 4.79 Å². The highest BCUT2D eigenvalue weighted by Gasteiger charge is 2.07. The molecule has 4 nitrogen and oxygen atoms in total. The van der Waals surface area contributed by atoms with E-state index in [0.717, 1.165) is 10.2 Å². The SMILES string of the molecule is COc1ccc(C(=O)Nc2ccc(Br)c(C)n2)cc1. The highest BCUT2D eigenvalue weighted by molar-refractivity contribution is 9.10. The Bertz CT molecular complexity index is 597. The van der Waals surface area contributed by atoms with Crippen LogP contribution in [0.1, 0.15) is 16.1 Å². The number of methoxy groups -OCH3 is 1. The molecule has 98 valence electrons. The second-order valence-corrected chi connectivity index (χ2v) is 4.80. The van der Waals surface area contributed by atoms with Crippen molar-refractivity contribution in [2.45, 2.75) is 6.92 Å². The van der Waals surface area contributed by atoms with E-state index in [0.29, 0.717) is 17.1 Å². The van der Waals surface area contributed by atoms with Gasteiger partial charge < -0.3 is 10.1 Å². The largest absolute Gasteiger partial charge is 0.497 e. The maximum absolute atomic E-state index is 12.0. The van der Waals surface area contributed by atoms with Crippen LogP contribution in [0.4, 0.5) is 5.82 Å². The van der Waals surface area contributed by atoms with Gasteiger partial charge in [-0.3, -0.25) is 4.79 Å². The van der Waals surface area contributed by atoms with E-state index >= 15 is 0 Å². The topological polar surface area (TPSA) is 51.2 Å². The molecule has 0 unspecified atom stereocenters. The summed E-state index contributed by atoms with van der Waals surface area (Å²) in [4.78, 5) is 16.3. The van der Waals surface area contributed by atoms with Crippen LogP contribution in [-0.4, -0.2) is 18.0 Å². The van der Waals surface area contributed by atoms with Gasteiger partial charge in [0, 0.05) is 10.0 Å². The number of carbonyl (C=O) groups excluding carboxylic acids is 1. The predicted molar refractivity (Wildman–Crippen MR) is 77.6 cm³/mol. The minimum Gasteiger partial charge on any atom is -0.497 e. The normalized spacial score (nSPS) is 10.1. The van der Waals surface area contributed by atoms with Gasteiger partial charge in [0.25, 0.3) is 5.91 Å². The van der Waals surface area contributed by atoms with E-state index in [4.69, 9.17) is 4.74 Å². The van der Waals surface area contributed by atoms with Crippen LogP contribution in [0.2, 0.25) is 0 Å². The van der Waals surface area contributed by atoms with E-state index in [1.165, 1.54) is 0 Å². The number of halogens is 1. The fourth-order valence-electron chi connectivity index (χ4n) is 1.54. The lowest BCUT2D eigenvalue weighted by Gasteiger charge is -2.06. The van der Waals surface area contributed by atoms with Gasteiger partial charge in [-0.2, -0.15) is 0 Å². The molecular weight excluding hydrogens is 308 g/mol. The summed E-state index contributed by atoms with van der Waals surface area (Å²) in [5, 5.41) is 2.75. The number of anilines is 1. The third-order valence-electron chi connectivity index (χ3n) is 2.62. The number of nitrogens with zero attached hydrogens (tertiary/aromatic N) is 1. The van der Waals surface area contributed by atoms with Crippen molar-refractivity contribution in [2.24, 2.45) is 0 Å². The standard InChI is InChI=1S/C14H13BrN2O2/c1-9-12(15)7-8-13(16-9)17-14(18)10-3-5-11(19-2)6-4-10/h3-8H,1-2H3,(H,16,17,18). The number of aryl methyl sites for hydroxylation is 1. The zero-order chi connectivity index (χ0) is 13.8. The van der Waals surface area contributed by atoms with Crippen molar-refractivity contribution in [3.8, 4) is 5.75 Å². The van der Waals surface area contributed by atoms with E-state index in [1.807, 2.05) is 13.0 Å². The van der Waals surface area contributed by atoms with Crippen molar-refractivity contribution in [2.75, 3.05) is 12.4 Å². The second kappa shape index (κ2) is 5.84. The number of nitrogens with one attached hydrogen (secondary N) is 1. The third-order valence-corrected chi connectivity index (χ3v) is 3.45. The second-order valence-electron chi connectivity index (χ2n) is 3.95. The van der Waals surface area contributed by atoms with Gasteiger partial charge in [-0.25, -0.2) is 4.98 Å². The Kier molecular flexibility index (Phi) is 4.16. The van der Waals surface area contributed by atoms with Gasteiger partial charge in [0.05, 0.1) is 12.8 Å². The number of rotatable bonds is 3. The molecule has 0 saturated heterocycles. The summed E-state index contributed by atoms with van der Waals surface area (Å²) < 4.78 is 5.96. The average molecular weight is 321 g/mol. The molecule has 1 amide bonds. The highest BCUT2D eigenvalue weighted by Crippen LogP contribution is 2.17. The number of hydrogen-bond donors (Lipinski definition) is 1. The molecule has 19 heavy (non-hydrogen) atoms. The Morgan fingerprint density at radius 3 is 2.47 bits per heavy atom. The average Bonchev–Trinajstić information content (AvgIpc) is 2.43. The summed E-state index contributed by atoms with van der Waals surface area (Å²) >= 11 is 3.37. The molecule has 0 aliphatic carbocycles. The van der Waals surface area contributed by atoms with Crippen molar-refractivity contribution in [1.29, 1.82) is 0 Å². The lowest BCUT2D eigenvalue weighted by Crippen LogP contribution is -2.13. The molecule has 2 aromatic rings. The van der Waals surface area contributed by atoms with Gasteiger partial charge in [0.1, 0.15) is 11.6 Å². The molecule has 0 radical (unpaired) electrons. The molecule has 0 aliphatic rings. The number of benzene rings is 1. The van der Waals surface area contributed by atoms with Crippen LogP contribution in [0.25, 0.3) is 0 Å². The quantitative estimate of drug-likeness (QED) is 0.942. The summed E-state index contributed by atoms with van der Waals surface area (Å²) in [7, 11) is 1.59. The number of hydrogen-bond acceptors (Lipinski definition) is 3. The van der Waals surface area contributed by atoms with E-state index in [2.05, 4.69) is 26.2 Å². The first-order chi connectivity index (χ1) is 9.10. The van der Waals surface area contributed by atoms with Gasteiger partial charge in [-0.05, 0) is 59.3 Å². The zero-order valence-electron chi connectivity index (χ0n) is 10.6. The Morgan fingerprint density at radius 1 is 1.21 bits per heavy atom. The van der Waals surface area contributed by atoms with Crippen molar-refractivity contribution >= 4 is 27.7 Å². The summed E-state index contributed by atoms with van der Waals surface area (Å²) in [5.41, 5.74) is 1.38. The van der Waals surface area contributed by atoms with Gasteiger partial charge >= 0.3 is 0 Å². The molecule has 1 N–H and O–H groups in total. The van der Waals surface area contributed by atoms with Crippen molar-refractivity contribution in [3.05, 3.63) is 52.1 Å². The predicted octanol–water partition coefficient (Wildman–Crippen LogP) is 3.41. The maximum atomic E-state index is 12.0. The highest BCUT2D eigenvalue weighted by atomic mass is 79.9. The number of carbonyl (C=O) groups is 1. The van der Waals surface area contributed by atoms with Crippen LogP contribution in [0, 0.1) is 6.92 Å². The van der Waals surface area contributed by atoms with Gasteiger partial charge in [0.15, 0.2) is 0 Å². The number of ether oxygens (including phenoxy) is 1. The third kappa shape index (κ3) is 3.32.